The summed E-state index contributed by atoms with van der Waals surface area (Å²) in [5.74, 6) is 0. The monoisotopic (exact) mass is 401 g/mol. The molecule has 152 valence electrons. The lowest BCUT2D eigenvalue weighted by Gasteiger charge is -2.38. The number of hydrogen-bond donors (Lipinski definition) is 1. The third kappa shape index (κ3) is 4.57. The highest BCUT2D eigenvalue weighted by Crippen LogP contribution is 2.35. The fourth-order valence-corrected chi connectivity index (χ4v) is 5.25. The molecule has 2 fully saturated rings. The van der Waals surface area contributed by atoms with Gasteiger partial charge in [0, 0.05) is 55.9 Å². The normalized spacial score (nSPS) is 19.7. The molecular formula is C22H31N3O2S. The average molecular weight is 402 g/mol. The lowest BCUT2D eigenvalue weighted by molar-refractivity contribution is 0.0497. The number of nitrogens with zero attached hydrogens (tertiary/aromatic N) is 2. The quantitative estimate of drug-likeness (QED) is 0.804. The molecule has 4 rings (SSSR count). The molecule has 1 N–H and O–H groups in total. The summed E-state index contributed by atoms with van der Waals surface area (Å²) >= 11 is 1.80. The van der Waals surface area contributed by atoms with Gasteiger partial charge >= 0.3 is 0 Å². The average Bonchev–Trinajstić information content (AvgIpc) is 3.18. The Kier molecular flexibility index (Phi) is 6.31. The number of morpholine rings is 1. The second-order valence-electron chi connectivity index (χ2n) is 8.08. The van der Waals surface area contributed by atoms with E-state index in [4.69, 9.17) is 9.47 Å². The van der Waals surface area contributed by atoms with Crippen LogP contribution in [0.2, 0.25) is 0 Å². The Morgan fingerprint density at radius 1 is 1.04 bits per heavy atom. The first-order valence-electron chi connectivity index (χ1n) is 10.3. The van der Waals surface area contributed by atoms with Gasteiger partial charge in [-0.3, -0.25) is 0 Å². The van der Waals surface area contributed by atoms with Crippen molar-refractivity contribution in [3.05, 3.63) is 46.0 Å². The van der Waals surface area contributed by atoms with E-state index in [9.17, 15) is 0 Å². The number of thiazole rings is 1. The van der Waals surface area contributed by atoms with Crippen LogP contribution in [0.25, 0.3) is 0 Å². The molecule has 1 aromatic carbocycles. The van der Waals surface area contributed by atoms with Crippen molar-refractivity contribution < 1.29 is 9.47 Å². The third-order valence-electron chi connectivity index (χ3n) is 5.87. The largest absolute Gasteiger partial charge is 0.381 e. The molecule has 0 spiro atoms. The van der Waals surface area contributed by atoms with E-state index in [1.54, 1.807) is 11.3 Å². The van der Waals surface area contributed by atoms with Crippen LogP contribution in [0.3, 0.4) is 0 Å². The standard InChI is InChI=1S/C22H31N3O2S/c1-17-11-18(2)13-19(12-17)22(3-7-26-8-4-22)16-23-14-20-15-24-21(28-20)25-5-9-27-10-6-25/h11-13,15,23H,3-10,14,16H2,1-2H3. The summed E-state index contributed by atoms with van der Waals surface area (Å²) in [6, 6.07) is 6.99. The zero-order chi connectivity index (χ0) is 19.4. The van der Waals surface area contributed by atoms with Gasteiger partial charge in [-0.15, -0.1) is 11.3 Å². The third-order valence-corrected chi connectivity index (χ3v) is 6.93. The number of aryl methyl sites for hydroxylation is 2. The molecule has 2 aliphatic rings. The predicted molar refractivity (Wildman–Crippen MR) is 114 cm³/mol. The number of aromatic nitrogens is 1. The summed E-state index contributed by atoms with van der Waals surface area (Å²) in [6.45, 7) is 11.4. The lowest BCUT2D eigenvalue weighted by Crippen LogP contribution is -2.42. The molecule has 0 unspecified atom stereocenters. The number of ether oxygens (including phenoxy) is 2. The van der Waals surface area contributed by atoms with Gasteiger partial charge in [-0.1, -0.05) is 29.3 Å². The summed E-state index contributed by atoms with van der Waals surface area (Å²) in [5, 5.41) is 4.86. The number of benzene rings is 1. The topological polar surface area (TPSA) is 46.6 Å². The highest BCUT2D eigenvalue weighted by atomic mass is 32.1. The maximum absolute atomic E-state index is 5.69. The van der Waals surface area contributed by atoms with Crippen LogP contribution in [0.1, 0.15) is 34.4 Å². The first-order valence-corrected chi connectivity index (χ1v) is 11.1. The maximum Gasteiger partial charge on any atom is 0.185 e. The van der Waals surface area contributed by atoms with Crippen LogP contribution >= 0.6 is 11.3 Å². The SMILES string of the molecule is Cc1cc(C)cc(C2(CNCc3cnc(N4CCOCC4)s3)CCOCC2)c1. The molecular weight excluding hydrogens is 370 g/mol. The molecule has 1 aromatic heterocycles. The van der Waals surface area contributed by atoms with Gasteiger partial charge in [0.1, 0.15) is 0 Å². The second kappa shape index (κ2) is 8.91. The van der Waals surface area contributed by atoms with Gasteiger partial charge in [0.2, 0.25) is 0 Å². The van der Waals surface area contributed by atoms with Gasteiger partial charge in [0.25, 0.3) is 0 Å². The highest BCUT2D eigenvalue weighted by Gasteiger charge is 2.34. The van der Waals surface area contributed by atoms with Crippen LogP contribution in [-0.4, -0.2) is 51.0 Å². The van der Waals surface area contributed by atoms with Gasteiger partial charge in [0.15, 0.2) is 5.13 Å². The Balaban J connectivity index is 1.42. The van der Waals surface area contributed by atoms with E-state index in [2.05, 4.69) is 47.2 Å². The van der Waals surface area contributed by atoms with Crippen molar-refractivity contribution in [3.63, 3.8) is 0 Å². The minimum absolute atomic E-state index is 0.159. The highest BCUT2D eigenvalue weighted by molar-refractivity contribution is 7.15. The van der Waals surface area contributed by atoms with Crippen molar-refractivity contribution in [3.8, 4) is 0 Å². The molecule has 0 amide bonds. The number of anilines is 1. The van der Waals surface area contributed by atoms with Gasteiger partial charge < -0.3 is 19.7 Å². The van der Waals surface area contributed by atoms with Crippen molar-refractivity contribution in [1.82, 2.24) is 10.3 Å². The fourth-order valence-electron chi connectivity index (χ4n) is 4.32. The summed E-state index contributed by atoms with van der Waals surface area (Å²) in [6.07, 6.45) is 4.17. The number of hydrogen-bond acceptors (Lipinski definition) is 6. The Bertz CT molecular complexity index is 760. The van der Waals surface area contributed by atoms with Crippen molar-refractivity contribution in [2.24, 2.45) is 0 Å². The minimum Gasteiger partial charge on any atom is -0.381 e. The van der Waals surface area contributed by atoms with E-state index < -0.39 is 0 Å². The van der Waals surface area contributed by atoms with Gasteiger partial charge in [-0.25, -0.2) is 4.98 Å². The first kappa shape index (κ1) is 19.8. The first-order chi connectivity index (χ1) is 13.6. The Morgan fingerprint density at radius 2 is 1.71 bits per heavy atom. The van der Waals surface area contributed by atoms with Crippen molar-refractivity contribution in [2.75, 3.05) is 51.0 Å². The zero-order valence-electron chi connectivity index (χ0n) is 17.0. The molecule has 0 atom stereocenters. The van der Waals surface area contributed by atoms with Crippen LogP contribution in [-0.2, 0) is 21.4 Å². The van der Waals surface area contributed by atoms with E-state index in [1.807, 2.05) is 6.20 Å². The van der Waals surface area contributed by atoms with E-state index in [0.29, 0.717) is 0 Å². The smallest absolute Gasteiger partial charge is 0.185 e. The second-order valence-corrected chi connectivity index (χ2v) is 9.17. The fraction of sp³-hybridized carbons (Fsp3) is 0.591. The van der Waals surface area contributed by atoms with Crippen LogP contribution in [0.15, 0.2) is 24.4 Å². The van der Waals surface area contributed by atoms with E-state index in [1.165, 1.54) is 21.6 Å². The summed E-state index contributed by atoms with van der Waals surface area (Å²) < 4.78 is 11.1. The Labute approximate surface area is 172 Å². The van der Waals surface area contributed by atoms with Crippen LogP contribution in [0, 0.1) is 13.8 Å². The molecule has 6 heteroatoms. The van der Waals surface area contributed by atoms with Crippen molar-refractivity contribution >= 4 is 16.5 Å². The molecule has 2 aromatic rings. The lowest BCUT2D eigenvalue weighted by atomic mass is 9.73. The minimum atomic E-state index is 0.159. The maximum atomic E-state index is 5.69. The molecule has 5 nitrogen and oxygen atoms in total. The van der Waals surface area contributed by atoms with Gasteiger partial charge in [-0.2, -0.15) is 0 Å². The molecule has 0 radical (unpaired) electrons. The number of nitrogens with one attached hydrogen (secondary N) is 1. The van der Waals surface area contributed by atoms with Crippen LogP contribution in [0.4, 0.5) is 5.13 Å². The molecule has 0 aliphatic carbocycles. The molecule has 2 aliphatic heterocycles. The Hall–Kier alpha value is -1.47. The van der Waals surface area contributed by atoms with Crippen molar-refractivity contribution in [1.29, 1.82) is 0 Å². The zero-order valence-corrected chi connectivity index (χ0v) is 17.8. The van der Waals surface area contributed by atoms with Crippen LogP contribution < -0.4 is 10.2 Å². The predicted octanol–water partition coefficient (Wildman–Crippen LogP) is 3.43. The summed E-state index contributed by atoms with van der Waals surface area (Å²) in [5.41, 5.74) is 4.31. The summed E-state index contributed by atoms with van der Waals surface area (Å²) in [4.78, 5) is 8.25. The van der Waals surface area contributed by atoms with E-state index in [0.717, 1.165) is 70.6 Å². The molecule has 2 saturated heterocycles. The van der Waals surface area contributed by atoms with Crippen LogP contribution in [0.5, 0.6) is 0 Å². The van der Waals surface area contributed by atoms with Crippen molar-refractivity contribution in [2.45, 2.75) is 38.6 Å². The number of rotatable bonds is 6. The molecule has 0 bridgehead atoms. The van der Waals surface area contributed by atoms with E-state index in [-0.39, 0.29) is 5.41 Å². The Morgan fingerprint density at radius 3 is 2.43 bits per heavy atom. The molecule has 0 saturated carbocycles. The van der Waals surface area contributed by atoms with E-state index >= 15 is 0 Å². The molecule has 3 heterocycles. The van der Waals surface area contributed by atoms with Gasteiger partial charge in [-0.05, 0) is 32.3 Å². The summed E-state index contributed by atoms with van der Waals surface area (Å²) in [7, 11) is 0. The molecule has 28 heavy (non-hydrogen) atoms. The van der Waals surface area contributed by atoms with Gasteiger partial charge in [0.05, 0.1) is 13.2 Å².